The van der Waals surface area contributed by atoms with Gasteiger partial charge in [-0.25, -0.2) is 4.79 Å². The lowest BCUT2D eigenvalue weighted by molar-refractivity contribution is 0.125. The van der Waals surface area contributed by atoms with E-state index in [2.05, 4.69) is 4.74 Å². The standard InChI is InChI=1S/C10H12ClNO2/c1-12(10(13)14-8-11)7-9-5-3-2-4-6-9/h2-6H,7-8H2,1H3. The SMILES string of the molecule is CN(Cc1ccccc1)C(=O)OCCl. The van der Waals surface area contributed by atoms with Crippen LogP contribution in [-0.4, -0.2) is 24.1 Å². The van der Waals surface area contributed by atoms with Crippen LogP contribution < -0.4 is 0 Å². The Balaban J connectivity index is 2.49. The number of amides is 1. The summed E-state index contributed by atoms with van der Waals surface area (Å²) in [6.45, 7) is 0.524. The predicted octanol–water partition coefficient (Wildman–Crippen LogP) is 2.45. The molecule has 0 aromatic heterocycles. The van der Waals surface area contributed by atoms with E-state index in [-0.39, 0.29) is 6.07 Å². The van der Waals surface area contributed by atoms with Crippen molar-refractivity contribution in [3.8, 4) is 0 Å². The number of benzene rings is 1. The van der Waals surface area contributed by atoms with Gasteiger partial charge in [-0.15, -0.1) is 0 Å². The van der Waals surface area contributed by atoms with Gasteiger partial charge in [0.15, 0.2) is 6.07 Å². The third-order valence-electron chi connectivity index (χ3n) is 1.75. The zero-order chi connectivity index (χ0) is 10.4. The molecular formula is C10H12ClNO2. The van der Waals surface area contributed by atoms with E-state index in [4.69, 9.17) is 11.6 Å². The maximum atomic E-state index is 11.2. The molecule has 0 bridgehead atoms. The summed E-state index contributed by atoms with van der Waals surface area (Å²) in [5, 5.41) is 0. The number of carbonyl (C=O) groups is 1. The maximum Gasteiger partial charge on any atom is 0.411 e. The van der Waals surface area contributed by atoms with Gasteiger partial charge < -0.3 is 9.64 Å². The van der Waals surface area contributed by atoms with Gasteiger partial charge in [0.25, 0.3) is 0 Å². The number of rotatable bonds is 3. The Labute approximate surface area is 88.2 Å². The van der Waals surface area contributed by atoms with Crippen LogP contribution in [0.3, 0.4) is 0 Å². The number of alkyl halides is 1. The Morgan fingerprint density at radius 3 is 2.64 bits per heavy atom. The Bertz CT molecular complexity index is 289. The van der Waals surface area contributed by atoms with Crippen LogP contribution in [0.1, 0.15) is 5.56 Å². The van der Waals surface area contributed by atoms with Crippen molar-refractivity contribution in [1.29, 1.82) is 0 Å². The van der Waals surface area contributed by atoms with Crippen molar-refractivity contribution in [3.05, 3.63) is 35.9 Å². The molecule has 1 rings (SSSR count). The van der Waals surface area contributed by atoms with Crippen LogP contribution >= 0.6 is 11.6 Å². The van der Waals surface area contributed by atoms with Crippen molar-refractivity contribution in [1.82, 2.24) is 4.90 Å². The molecule has 0 radical (unpaired) electrons. The molecule has 0 fully saturated rings. The first-order valence-corrected chi connectivity index (χ1v) is 4.75. The summed E-state index contributed by atoms with van der Waals surface area (Å²) in [6.07, 6.45) is -0.413. The molecule has 1 aromatic rings. The molecule has 0 aliphatic heterocycles. The second-order valence-electron chi connectivity index (χ2n) is 2.86. The highest BCUT2D eigenvalue weighted by atomic mass is 35.5. The Hall–Kier alpha value is -1.22. The number of halogens is 1. The van der Waals surface area contributed by atoms with Crippen LogP contribution in [-0.2, 0) is 11.3 Å². The van der Waals surface area contributed by atoms with E-state index in [9.17, 15) is 4.79 Å². The average Bonchev–Trinajstić information content (AvgIpc) is 2.19. The van der Waals surface area contributed by atoms with Gasteiger partial charge in [0.05, 0.1) is 0 Å². The van der Waals surface area contributed by atoms with Crippen LogP contribution in [0.15, 0.2) is 30.3 Å². The van der Waals surface area contributed by atoms with Crippen molar-refractivity contribution < 1.29 is 9.53 Å². The summed E-state index contributed by atoms with van der Waals surface area (Å²) in [7, 11) is 1.67. The molecular weight excluding hydrogens is 202 g/mol. The van der Waals surface area contributed by atoms with Gasteiger partial charge in [-0.2, -0.15) is 0 Å². The van der Waals surface area contributed by atoms with Crippen LogP contribution in [0.5, 0.6) is 0 Å². The average molecular weight is 214 g/mol. The van der Waals surface area contributed by atoms with E-state index >= 15 is 0 Å². The van der Waals surface area contributed by atoms with E-state index in [1.54, 1.807) is 7.05 Å². The first-order chi connectivity index (χ1) is 6.74. The third kappa shape index (κ3) is 3.26. The molecule has 0 spiro atoms. The normalized spacial score (nSPS) is 9.57. The highest BCUT2D eigenvalue weighted by Gasteiger charge is 2.08. The summed E-state index contributed by atoms with van der Waals surface area (Å²) >= 11 is 5.27. The minimum Gasteiger partial charge on any atom is -0.433 e. The Morgan fingerprint density at radius 2 is 2.07 bits per heavy atom. The Kier molecular flexibility index (Phi) is 4.26. The van der Waals surface area contributed by atoms with Gasteiger partial charge in [0.2, 0.25) is 0 Å². The topological polar surface area (TPSA) is 29.5 Å². The van der Waals surface area contributed by atoms with Gasteiger partial charge >= 0.3 is 6.09 Å². The van der Waals surface area contributed by atoms with Crippen molar-refractivity contribution in [2.45, 2.75) is 6.54 Å². The number of hydrogen-bond acceptors (Lipinski definition) is 2. The molecule has 14 heavy (non-hydrogen) atoms. The van der Waals surface area contributed by atoms with Gasteiger partial charge in [-0.05, 0) is 5.56 Å². The van der Waals surface area contributed by atoms with Crippen LogP contribution in [0.2, 0.25) is 0 Å². The highest BCUT2D eigenvalue weighted by molar-refractivity contribution is 6.17. The molecule has 76 valence electrons. The largest absolute Gasteiger partial charge is 0.433 e. The van der Waals surface area contributed by atoms with Crippen LogP contribution in [0.25, 0.3) is 0 Å². The molecule has 1 amide bonds. The molecule has 4 heteroatoms. The summed E-state index contributed by atoms with van der Waals surface area (Å²) in [5.41, 5.74) is 1.06. The van der Waals surface area contributed by atoms with E-state index in [1.807, 2.05) is 30.3 Å². The van der Waals surface area contributed by atoms with E-state index < -0.39 is 6.09 Å². The second-order valence-corrected chi connectivity index (χ2v) is 3.08. The zero-order valence-electron chi connectivity index (χ0n) is 7.94. The number of hydrogen-bond donors (Lipinski definition) is 0. The minimum absolute atomic E-state index is 0.113. The molecule has 1 aromatic carbocycles. The molecule has 0 atom stereocenters. The molecule has 3 nitrogen and oxygen atoms in total. The fraction of sp³-hybridized carbons (Fsp3) is 0.300. The van der Waals surface area contributed by atoms with Crippen LogP contribution in [0.4, 0.5) is 4.79 Å². The number of ether oxygens (including phenoxy) is 1. The summed E-state index contributed by atoms with van der Waals surface area (Å²) in [6, 6.07) is 9.57. The lowest BCUT2D eigenvalue weighted by Gasteiger charge is -2.15. The Morgan fingerprint density at radius 1 is 1.43 bits per heavy atom. The molecule has 0 N–H and O–H groups in total. The lowest BCUT2D eigenvalue weighted by Crippen LogP contribution is -2.26. The molecule has 0 unspecified atom stereocenters. The molecule has 0 saturated carbocycles. The van der Waals surface area contributed by atoms with Gasteiger partial charge in [0, 0.05) is 13.6 Å². The first kappa shape index (κ1) is 10.9. The molecule has 0 heterocycles. The van der Waals surface area contributed by atoms with Crippen molar-refractivity contribution in [2.24, 2.45) is 0 Å². The van der Waals surface area contributed by atoms with E-state index in [0.29, 0.717) is 6.54 Å². The maximum absolute atomic E-state index is 11.2. The second kappa shape index (κ2) is 5.50. The van der Waals surface area contributed by atoms with Crippen molar-refractivity contribution in [2.75, 3.05) is 13.1 Å². The number of carbonyl (C=O) groups excluding carboxylic acids is 1. The molecule has 0 saturated heterocycles. The van der Waals surface area contributed by atoms with Gasteiger partial charge in [0.1, 0.15) is 0 Å². The molecule has 0 aliphatic carbocycles. The monoisotopic (exact) mass is 213 g/mol. The lowest BCUT2D eigenvalue weighted by atomic mass is 10.2. The van der Waals surface area contributed by atoms with Crippen molar-refractivity contribution in [3.63, 3.8) is 0 Å². The summed E-state index contributed by atoms with van der Waals surface area (Å²) in [5.74, 6) is 0. The van der Waals surface area contributed by atoms with Gasteiger partial charge in [-0.3, -0.25) is 0 Å². The van der Waals surface area contributed by atoms with Crippen LogP contribution in [0, 0.1) is 0 Å². The summed E-state index contributed by atoms with van der Waals surface area (Å²) < 4.78 is 4.63. The quantitative estimate of drug-likeness (QED) is 0.722. The summed E-state index contributed by atoms with van der Waals surface area (Å²) in [4.78, 5) is 12.6. The fourth-order valence-electron chi connectivity index (χ4n) is 1.08. The van der Waals surface area contributed by atoms with E-state index in [1.165, 1.54) is 4.90 Å². The first-order valence-electron chi connectivity index (χ1n) is 4.22. The van der Waals surface area contributed by atoms with Crippen molar-refractivity contribution >= 4 is 17.7 Å². The predicted molar refractivity (Wildman–Crippen MR) is 55.1 cm³/mol. The third-order valence-corrected chi connectivity index (χ3v) is 1.86. The smallest absolute Gasteiger partial charge is 0.411 e. The molecule has 0 aliphatic rings. The minimum atomic E-state index is -0.413. The van der Waals surface area contributed by atoms with E-state index in [0.717, 1.165) is 5.56 Å². The number of nitrogens with zero attached hydrogens (tertiary/aromatic N) is 1. The fourth-order valence-corrected chi connectivity index (χ4v) is 1.17. The highest BCUT2D eigenvalue weighted by Crippen LogP contribution is 2.03. The zero-order valence-corrected chi connectivity index (χ0v) is 8.70. The van der Waals surface area contributed by atoms with Gasteiger partial charge in [-0.1, -0.05) is 41.9 Å².